The van der Waals surface area contributed by atoms with E-state index in [-0.39, 0.29) is 17.4 Å². The number of pyridine rings is 1. The molecule has 0 aliphatic rings. The number of thioether (sulfide) groups is 1. The van der Waals surface area contributed by atoms with Gasteiger partial charge in [-0.1, -0.05) is 23.4 Å². The topological polar surface area (TPSA) is 79.9 Å². The Labute approximate surface area is 152 Å². The van der Waals surface area contributed by atoms with Crippen LogP contribution in [0.15, 0.2) is 29.6 Å². The van der Waals surface area contributed by atoms with Crippen LogP contribution >= 0.6 is 23.4 Å². The van der Waals surface area contributed by atoms with Crippen LogP contribution in [0.25, 0.3) is 11.0 Å². The van der Waals surface area contributed by atoms with E-state index in [1.54, 1.807) is 12.3 Å². The van der Waals surface area contributed by atoms with Gasteiger partial charge >= 0.3 is 0 Å². The van der Waals surface area contributed by atoms with Gasteiger partial charge in [0.25, 0.3) is 0 Å². The maximum absolute atomic E-state index is 13.6. The molecule has 0 atom stereocenters. The molecule has 0 saturated heterocycles. The minimum atomic E-state index is -0.537. The van der Waals surface area contributed by atoms with Gasteiger partial charge < -0.3 is 15.0 Å². The first-order valence-corrected chi connectivity index (χ1v) is 8.61. The van der Waals surface area contributed by atoms with Crippen LogP contribution in [-0.4, -0.2) is 33.7 Å². The van der Waals surface area contributed by atoms with Gasteiger partial charge in [0.15, 0.2) is 16.7 Å². The van der Waals surface area contributed by atoms with Gasteiger partial charge in [0.05, 0.1) is 30.1 Å². The molecule has 2 heterocycles. The maximum atomic E-state index is 13.6. The predicted octanol–water partition coefficient (Wildman–Crippen LogP) is 3.80. The van der Waals surface area contributed by atoms with E-state index < -0.39 is 5.82 Å². The quantitative estimate of drug-likeness (QED) is 0.520. The fourth-order valence-electron chi connectivity index (χ4n) is 2.20. The molecule has 25 heavy (non-hydrogen) atoms. The zero-order valence-electron chi connectivity index (χ0n) is 13.4. The first-order valence-electron chi connectivity index (χ1n) is 7.25. The van der Waals surface area contributed by atoms with E-state index >= 15 is 0 Å². The monoisotopic (exact) mass is 380 g/mol. The molecule has 0 bridgehead atoms. The number of carbonyl (C=O) groups is 1. The number of aryl methyl sites for hydroxylation is 1. The normalized spacial score (nSPS) is 10.9. The van der Waals surface area contributed by atoms with Gasteiger partial charge in [-0.15, -0.1) is 0 Å². The number of benzene rings is 1. The van der Waals surface area contributed by atoms with Crippen molar-refractivity contribution in [2.75, 3.05) is 18.2 Å². The molecule has 6 nitrogen and oxygen atoms in total. The fraction of sp³-hybridized carbons (Fsp3) is 0.188. The molecule has 1 amide bonds. The Morgan fingerprint density at radius 1 is 1.48 bits per heavy atom. The Kier molecular flexibility index (Phi) is 5.10. The van der Waals surface area contributed by atoms with Gasteiger partial charge in [-0.2, -0.15) is 0 Å². The number of rotatable bonds is 5. The second kappa shape index (κ2) is 7.28. The molecule has 9 heteroatoms. The molecule has 0 radical (unpaired) electrons. The first kappa shape index (κ1) is 17.5. The summed E-state index contributed by atoms with van der Waals surface area (Å²) >= 11 is 7.21. The number of aromatic nitrogens is 3. The highest BCUT2D eigenvalue weighted by Crippen LogP contribution is 2.25. The molecule has 1 aromatic carbocycles. The lowest BCUT2D eigenvalue weighted by Gasteiger charge is -2.06. The number of anilines is 1. The molecule has 3 rings (SSSR count). The lowest BCUT2D eigenvalue weighted by atomic mass is 10.3. The Balaban J connectivity index is 1.64. The number of aromatic amines is 1. The lowest BCUT2D eigenvalue weighted by molar-refractivity contribution is -0.113. The number of fused-ring (bicyclic) bond motifs is 1. The van der Waals surface area contributed by atoms with Crippen molar-refractivity contribution in [1.29, 1.82) is 0 Å². The van der Waals surface area contributed by atoms with Gasteiger partial charge in [-0.05, 0) is 19.1 Å². The van der Waals surface area contributed by atoms with Crippen molar-refractivity contribution < 1.29 is 13.9 Å². The van der Waals surface area contributed by atoms with Crippen LogP contribution in [0.1, 0.15) is 5.56 Å². The molecule has 130 valence electrons. The highest BCUT2D eigenvalue weighted by molar-refractivity contribution is 7.99. The van der Waals surface area contributed by atoms with Crippen LogP contribution in [0, 0.1) is 12.7 Å². The summed E-state index contributed by atoms with van der Waals surface area (Å²) in [7, 11) is 1.38. The summed E-state index contributed by atoms with van der Waals surface area (Å²) in [5.41, 5.74) is 2.61. The van der Waals surface area contributed by atoms with E-state index in [2.05, 4.69) is 20.3 Å². The number of halogens is 2. The Morgan fingerprint density at radius 3 is 3.00 bits per heavy atom. The Hall–Kier alpha value is -2.32. The summed E-state index contributed by atoms with van der Waals surface area (Å²) in [6.07, 6.45) is 1.60. The molecular formula is C16H14ClFN4O2S. The number of hydrogen-bond acceptors (Lipinski definition) is 5. The van der Waals surface area contributed by atoms with Crippen LogP contribution in [0.4, 0.5) is 10.1 Å². The van der Waals surface area contributed by atoms with Gasteiger partial charge in [-0.25, -0.2) is 14.4 Å². The van der Waals surface area contributed by atoms with Crippen molar-refractivity contribution in [1.82, 2.24) is 15.0 Å². The second-order valence-corrected chi connectivity index (χ2v) is 6.49. The van der Waals surface area contributed by atoms with Crippen molar-refractivity contribution in [3.63, 3.8) is 0 Å². The number of imidazole rings is 1. The summed E-state index contributed by atoms with van der Waals surface area (Å²) in [6.45, 7) is 1.83. The van der Waals surface area contributed by atoms with E-state index in [0.29, 0.717) is 16.0 Å². The van der Waals surface area contributed by atoms with Crippen LogP contribution in [0.2, 0.25) is 5.15 Å². The van der Waals surface area contributed by atoms with Gasteiger partial charge in [0.2, 0.25) is 5.91 Å². The third-order valence-corrected chi connectivity index (χ3v) is 4.71. The third kappa shape index (κ3) is 3.85. The molecule has 0 saturated carbocycles. The Morgan fingerprint density at radius 2 is 2.28 bits per heavy atom. The van der Waals surface area contributed by atoms with Crippen molar-refractivity contribution in [2.24, 2.45) is 0 Å². The Bertz CT molecular complexity index is 947. The van der Waals surface area contributed by atoms with Crippen LogP contribution in [0.5, 0.6) is 5.75 Å². The first-order chi connectivity index (χ1) is 12.0. The summed E-state index contributed by atoms with van der Waals surface area (Å²) in [6, 6.07) is 4.24. The zero-order valence-corrected chi connectivity index (χ0v) is 15.0. The number of amides is 1. The fourth-order valence-corrected chi connectivity index (χ4v) is 3.02. The summed E-state index contributed by atoms with van der Waals surface area (Å²) < 4.78 is 18.5. The number of H-pyrrole nitrogens is 1. The number of ether oxygens (including phenoxy) is 1. The number of nitrogens with zero attached hydrogens (tertiary/aromatic N) is 2. The molecule has 0 spiro atoms. The van der Waals surface area contributed by atoms with E-state index in [1.165, 1.54) is 31.0 Å². The van der Waals surface area contributed by atoms with Crippen molar-refractivity contribution >= 4 is 46.0 Å². The third-order valence-electron chi connectivity index (χ3n) is 3.46. The average Bonchev–Trinajstić information content (AvgIpc) is 3.01. The summed E-state index contributed by atoms with van der Waals surface area (Å²) in [5, 5.41) is 3.61. The molecule has 3 aromatic rings. The minimum absolute atomic E-state index is 0.119. The van der Waals surface area contributed by atoms with E-state index in [9.17, 15) is 9.18 Å². The molecular weight excluding hydrogens is 367 g/mol. The number of hydrogen-bond donors (Lipinski definition) is 2. The lowest BCUT2D eigenvalue weighted by Crippen LogP contribution is -2.14. The SMILES string of the molecule is COc1ccc(NC(=O)CSc2nc3c(C)c(Cl)ncc3[nH]2)cc1F. The largest absolute Gasteiger partial charge is 0.494 e. The van der Waals surface area contributed by atoms with E-state index in [4.69, 9.17) is 16.3 Å². The van der Waals surface area contributed by atoms with Gasteiger partial charge in [0, 0.05) is 17.3 Å². The molecule has 0 fully saturated rings. The van der Waals surface area contributed by atoms with Crippen LogP contribution < -0.4 is 10.1 Å². The van der Waals surface area contributed by atoms with Gasteiger partial charge in [0.1, 0.15) is 5.15 Å². The maximum Gasteiger partial charge on any atom is 0.234 e. The number of methoxy groups -OCH3 is 1. The highest BCUT2D eigenvalue weighted by atomic mass is 35.5. The number of carbonyl (C=O) groups excluding carboxylic acids is 1. The van der Waals surface area contributed by atoms with Crippen molar-refractivity contribution in [2.45, 2.75) is 12.1 Å². The van der Waals surface area contributed by atoms with E-state index in [0.717, 1.165) is 16.6 Å². The number of nitrogens with one attached hydrogen (secondary N) is 2. The van der Waals surface area contributed by atoms with Crippen molar-refractivity contribution in [3.8, 4) is 5.75 Å². The zero-order chi connectivity index (χ0) is 18.0. The summed E-state index contributed by atoms with van der Waals surface area (Å²) in [4.78, 5) is 23.6. The predicted molar refractivity (Wildman–Crippen MR) is 95.9 cm³/mol. The summed E-state index contributed by atoms with van der Waals surface area (Å²) in [5.74, 6) is -0.571. The molecule has 2 aromatic heterocycles. The second-order valence-electron chi connectivity index (χ2n) is 5.16. The smallest absolute Gasteiger partial charge is 0.234 e. The molecule has 0 aliphatic heterocycles. The highest BCUT2D eigenvalue weighted by Gasteiger charge is 2.12. The molecule has 0 aliphatic carbocycles. The van der Waals surface area contributed by atoms with Crippen molar-refractivity contribution in [3.05, 3.63) is 40.9 Å². The molecule has 0 unspecified atom stereocenters. The standard InChI is InChI=1S/C16H14ClFN4O2S/c1-8-14-11(6-19-15(8)17)21-16(22-14)25-7-13(23)20-9-3-4-12(24-2)10(18)5-9/h3-6H,7H2,1-2H3,(H,20,23)(H,21,22). The molecule has 2 N–H and O–H groups in total. The van der Waals surface area contributed by atoms with E-state index in [1.807, 2.05) is 6.92 Å². The minimum Gasteiger partial charge on any atom is -0.494 e. The van der Waals surface area contributed by atoms with Gasteiger partial charge in [-0.3, -0.25) is 4.79 Å². The van der Waals surface area contributed by atoms with Crippen LogP contribution in [-0.2, 0) is 4.79 Å². The average molecular weight is 381 g/mol. The van der Waals surface area contributed by atoms with Crippen LogP contribution in [0.3, 0.4) is 0 Å².